The predicted octanol–water partition coefficient (Wildman–Crippen LogP) is 2.85. The zero-order chi connectivity index (χ0) is 13.1. The van der Waals surface area contributed by atoms with Gasteiger partial charge in [-0.15, -0.1) is 0 Å². The molecule has 0 aliphatic heterocycles. The second kappa shape index (κ2) is 5.02. The summed E-state index contributed by atoms with van der Waals surface area (Å²) in [5, 5.41) is 18.3. The van der Waals surface area contributed by atoms with Crippen LogP contribution in [0, 0.1) is 6.92 Å². The van der Waals surface area contributed by atoms with Crippen molar-refractivity contribution < 1.29 is 15.0 Å². The molecule has 0 aromatic heterocycles. The van der Waals surface area contributed by atoms with Crippen LogP contribution in [-0.4, -0.2) is 16.2 Å². The first-order valence-corrected chi connectivity index (χ1v) is 5.66. The Balaban J connectivity index is 2.54. The summed E-state index contributed by atoms with van der Waals surface area (Å²) in [6, 6.07) is 12.6. The van der Waals surface area contributed by atoms with Gasteiger partial charge in [0.05, 0.1) is 12.2 Å². The first kappa shape index (κ1) is 12.3. The largest absolute Gasteiger partial charge is 0.478 e. The molecule has 18 heavy (non-hydrogen) atoms. The van der Waals surface area contributed by atoms with Gasteiger partial charge in [-0.1, -0.05) is 30.3 Å². The van der Waals surface area contributed by atoms with Crippen molar-refractivity contribution in [3.8, 4) is 11.1 Å². The second-order valence-corrected chi connectivity index (χ2v) is 4.15. The Bertz CT molecular complexity index is 588. The zero-order valence-corrected chi connectivity index (χ0v) is 10.1. The van der Waals surface area contributed by atoms with E-state index in [0.29, 0.717) is 0 Å². The number of benzene rings is 2. The van der Waals surface area contributed by atoms with E-state index in [1.807, 2.05) is 31.2 Å². The van der Waals surface area contributed by atoms with Gasteiger partial charge >= 0.3 is 5.97 Å². The number of aromatic carboxylic acids is 1. The van der Waals surface area contributed by atoms with Crippen LogP contribution in [-0.2, 0) is 6.61 Å². The van der Waals surface area contributed by atoms with E-state index < -0.39 is 5.97 Å². The lowest BCUT2D eigenvalue weighted by Gasteiger charge is -2.11. The van der Waals surface area contributed by atoms with Crippen molar-refractivity contribution in [2.75, 3.05) is 0 Å². The highest BCUT2D eigenvalue weighted by molar-refractivity contribution is 5.89. The molecule has 3 heteroatoms. The summed E-state index contributed by atoms with van der Waals surface area (Å²) in [7, 11) is 0. The quantitative estimate of drug-likeness (QED) is 0.870. The summed E-state index contributed by atoms with van der Waals surface area (Å²) in [6.07, 6.45) is 0. The van der Waals surface area contributed by atoms with Crippen LogP contribution in [0.25, 0.3) is 11.1 Å². The first-order valence-electron chi connectivity index (χ1n) is 5.66. The summed E-state index contributed by atoms with van der Waals surface area (Å²) in [5.41, 5.74) is 3.89. The molecule has 2 aromatic rings. The Morgan fingerprint density at radius 1 is 1.11 bits per heavy atom. The minimum Gasteiger partial charge on any atom is -0.478 e. The molecule has 92 valence electrons. The highest BCUT2D eigenvalue weighted by Crippen LogP contribution is 2.27. The van der Waals surface area contributed by atoms with Gasteiger partial charge in [-0.3, -0.25) is 0 Å². The number of aliphatic hydroxyl groups excluding tert-OH is 1. The zero-order valence-electron chi connectivity index (χ0n) is 10.1. The van der Waals surface area contributed by atoms with Gasteiger partial charge in [0.1, 0.15) is 0 Å². The van der Waals surface area contributed by atoms with Crippen molar-refractivity contribution in [1.82, 2.24) is 0 Å². The third-order valence-corrected chi connectivity index (χ3v) is 2.95. The summed E-state index contributed by atoms with van der Waals surface area (Å²) >= 11 is 0. The van der Waals surface area contributed by atoms with Crippen LogP contribution in [0.15, 0.2) is 42.5 Å². The SMILES string of the molecule is Cc1cc(C(=O)O)ccc1-c1ccccc1CO. The topological polar surface area (TPSA) is 57.5 Å². The molecule has 0 amide bonds. The smallest absolute Gasteiger partial charge is 0.335 e. The van der Waals surface area contributed by atoms with E-state index in [4.69, 9.17) is 5.11 Å². The number of carboxylic acid groups (broad SMARTS) is 1. The molecule has 0 saturated carbocycles. The van der Waals surface area contributed by atoms with Crippen molar-refractivity contribution >= 4 is 5.97 Å². The van der Waals surface area contributed by atoms with Gasteiger partial charge < -0.3 is 10.2 Å². The van der Waals surface area contributed by atoms with E-state index in [9.17, 15) is 9.90 Å². The molecule has 0 saturated heterocycles. The number of aryl methyl sites for hydroxylation is 1. The van der Waals surface area contributed by atoms with E-state index in [-0.39, 0.29) is 12.2 Å². The molecule has 0 aliphatic carbocycles. The fourth-order valence-electron chi connectivity index (χ4n) is 2.02. The predicted molar refractivity (Wildman–Crippen MR) is 69.5 cm³/mol. The Hall–Kier alpha value is -2.13. The second-order valence-electron chi connectivity index (χ2n) is 4.15. The van der Waals surface area contributed by atoms with Gasteiger partial charge in [0, 0.05) is 0 Å². The monoisotopic (exact) mass is 242 g/mol. The minimum atomic E-state index is -0.930. The molecule has 0 radical (unpaired) electrons. The summed E-state index contributed by atoms with van der Waals surface area (Å²) in [6.45, 7) is 1.84. The number of rotatable bonds is 3. The van der Waals surface area contributed by atoms with Gasteiger partial charge in [0.25, 0.3) is 0 Å². The fourth-order valence-corrected chi connectivity index (χ4v) is 2.02. The Labute approximate surface area is 105 Å². The van der Waals surface area contributed by atoms with E-state index in [0.717, 1.165) is 22.3 Å². The average Bonchev–Trinajstić information content (AvgIpc) is 2.38. The minimum absolute atomic E-state index is 0.0315. The van der Waals surface area contributed by atoms with Gasteiger partial charge in [-0.2, -0.15) is 0 Å². The number of carboxylic acids is 1. The Kier molecular flexibility index (Phi) is 3.44. The van der Waals surface area contributed by atoms with Crippen molar-refractivity contribution in [3.63, 3.8) is 0 Å². The number of hydrogen-bond donors (Lipinski definition) is 2. The van der Waals surface area contributed by atoms with Crippen molar-refractivity contribution in [3.05, 3.63) is 59.2 Å². The summed E-state index contributed by atoms with van der Waals surface area (Å²) in [5.74, 6) is -0.930. The first-order chi connectivity index (χ1) is 8.63. The fraction of sp³-hybridized carbons (Fsp3) is 0.133. The van der Waals surface area contributed by atoms with Gasteiger partial charge in [0.15, 0.2) is 0 Å². The van der Waals surface area contributed by atoms with Crippen LogP contribution >= 0.6 is 0 Å². The molecule has 0 fully saturated rings. The third-order valence-electron chi connectivity index (χ3n) is 2.95. The third kappa shape index (κ3) is 2.26. The van der Waals surface area contributed by atoms with Gasteiger partial charge in [0.2, 0.25) is 0 Å². The number of hydrogen-bond acceptors (Lipinski definition) is 2. The van der Waals surface area contributed by atoms with E-state index in [2.05, 4.69) is 0 Å². The summed E-state index contributed by atoms with van der Waals surface area (Å²) in [4.78, 5) is 10.9. The lowest BCUT2D eigenvalue weighted by atomic mass is 9.95. The van der Waals surface area contributed by atoms with E-state index >= 15 is 0 Å². The molecule has 0 unspecified atom stereocenters. The summed E-state index contributed by atoms with van der Waals surface area (Å²) < 4.78 is 0. The molecule has 0 spiro atoms. The van der Waals surface area contributed by atoms with Crippen molar-refractivity contribution in [2.24, 2.45) is 0 Å². The highest BCUT2D eigenvalue weighted by atomic mass is 16.4. The Morgan fingerprint density at radius 2 is 1.83 bits per heavy atom. The van der Waals surface area contributed by atoms with Gasteiger partial charge in [-0.05, 0) is 41.3 Å². The van der Waals surface area contributed by atoms with Crippen LogP contribution in [0.4, 0.5) is 0 Å². The molecular formula is C15H14O3. The average molecular weight is 242 g/mol. The lowest BCUT2D eigenvalue weighted by molar-refractivity contribution is 0.0697. The molecule has 0 heterocycles. The Morgan fingerprint density at radius 3 is 2.44 bits per heavy atom. The molecule has 2 N–H and O–H groups in total. The molecule has 2 rings (SSSR count). The highest BCUT2D eigenvalue weighted by Gasteiger charge is 2.09. The molecule has 0 bridgehead atoms. The lowest BCUT2D eigenvalue weighted by Crippen LogP contribution is -1.98. The maximum Gasteiger partial charge on any atom is 0.335 e. The molecule has 0 atom stereocenters. The number of carbonyl (C=O) groups is 1. The number of aliphatic hydroxyl groups is 1. The van der Waals surface area contributed by atoms with E-state index in [1.165, 1.54) is 0 Å². The van der Waals surface area contributed by atoms with Crippen molar-refractivity contribution in [2.45, 2.75) is 13.5 Å². The standard InChI is InChI=1S/C15H14O3/c1-10-8-11(15(17)18)6-7-13(10)14-5-3-2-4-12(14)9-16/h2-8,16H,9H2,1H3,(H,17,18). The van der Waals surface area contributed by atoms with Gasteiger partial charge in [-0.25, -0.2) is 4.79 Å². The molecule has 2 aromatic carbocycles. The van der Waals surface area contributed by atoms with Crippen LogP contribution in [0.2, 0.25) is 0 Å². The normalized spacial score (nSPS) is 10.3. The van der Waals surface area contributed by atoms with Crippen molar-refractivity contribution in [1.29, 1.82) is 0 Å². The van der Waals surface area contributed by atoms with E-state index in [1.54, 1.807) is 18.2 Å². The van der Waals surface area contributed by atoms with Crippen LogP contribution in [0.5, 0.6) is 0 Å². The van der Waals surface area contributed by atoms with Crippen LogP contribution in [0.1, 0.15) is 21.5 Å². The maximum atomic E-state index is 10.9. The van der Waals surface area contributed by atoms with Crippen LogP contribution < -0.4 is 0 Å². The molecular weight excluding hydrogens is 228 g/mol. The maximum absolute atomic E-state index is 10.9. The van der Waals surface area contributed by atoms with Crippen LogP contribution in [0.3, 0.4) is 0 Å². The molecule has 0 aliphatic rings. The molecule has 3 nitrogen and oxygen atoms in total.